The molecule has 2 spiro atoms. The van der Waals surface area contributed by atoms with Crippen LogP contribution in [0.5, 0.6) is 0 Å². The Balaban J connectivity index is 1.54. The normalized spacial score (nSPS) is 48.3. The third-order valence-electron chi connectivity index (χ3n) is 9.48. The summed E-state index contributed by atoms with van der Waals surface area (Å²) in [5, 5.41) is 31.6. The van der Waals surface area contributed by atoms with Crippen molar-refractivity contribution in [3.8, 4) is 0 Å². The van der Waals surface area contributed by atoms with Gasteiger partial charge in [0.25, 0.3) is 0 Å². The molecule has 0 aromatic rings. The molecule has 0 unspecified atom stereocenters. The van der Waals surface area contributed by atoms with Crippen molar-refractivity contribution in [3.05, 3.63) is 47.6 Å². The van der Waals surface area contributed by atoms with Crippen LogP contribution in [0.2, 0.25) is 0 Å². The second-order valence-corrected chi connectivity index (χ2v) is 11.7. The Morgan fingerprint density at radius 1 is 1.03 bits per heavy atom. The molecule has 39 heavy (non-hydrogen) atoms. The Kier molecular flexibility index (Phi) is 7.41. The zero-order valence-corrected chi connectivity index (χ0v) is 22.7. The molecule has 5 rings (SSSR count). The van der Waals surface area contributed by atoms with Crippen molar-refractivity contribution < 1.29 is 48.6 Å². The first-order valence-electron chi connectivity index (χ1n) is 13.5. The third kappa shape index (κ3) is 4.61. The lowest BCUT2D eigenvalue weighted by atomic mass is 9.51. The second kappa shape index (κ2) is 10.2. The van der Waals surface area contributed by atoms with Crippen molar-refractivity contribution >= 4 is 11.9 Å². The van der Waals surface area contributed by atoms with Gasteiger partial charge in [-0.2, -0.15) is 0 Å². The van der Waals surface area contributed by atoms with Gasteiger partial charge >= 0.3 is 11.9 Å². The van der Waals surface area contributed by atoms with Crippen molar-refractivity contribution in [2.75, 3.05) is 19.8 Å². The van der Waals surface area contributed by atoms with Crippen molar-refractivity contribution in [1.29, 1.82) is 0 Å². The first-order chi connectivity index (χ1) is 18.4. The Hall–Kier alpha value is -2.34. The summed E-state index contributed by atoms with van der Waals surface area (Å²) in [6.45, 7) is 7.09. The van der Waals surface area contributed by atoms with Crippen molar-refractivity contribution in [2.24, 2.45) is 10.8 Å². The molecule has 0 radical (unpaired) electrons. The lowest BCUT2D eigenvalue weighted by Crippen LogP contribution is -2.68. The minimum atomic E-state index is -1.11. The Labute approximate surface area is 227 Å². The van der Waals surface area contributed by atoms with Gasteiger partial charge in [0.05, 0.1) is 49.1 Å². The maximum atomic E-state index is 13.0. The Bertz CT molecular complexity index is 1120. The van der Waals surface area contributed by atoms with Crippen LogP contribution >= 0.6 is 0 Å². The molecule has 1 saturated carbocycles. The predicted octanol–water partition coefficient (Wildman–Crippen LogP) is 1.28. The van der Waals surface area contributed by atoms with Crippen LogP contribution in [-0.2, 0) is 33.3 Å². The highest BCUT2D eigenvalue weighted by Gasteiger charge is 2.83. The molecule has 5 aliphatic rings. The van der Waals surface area contributed by atoms with Crippen LogP contribution in [-0.4, -0.2) is 95.4 Å². The van der Waals surface area contributed by atoms with E-state index in [1.807, 2.05) is 19.9 Å². The minimum Gasteiger partial charge on any atom is -0.462 e. The molecule has 2 bridgehead atoms. The van der Waals surface area contributed by atoms with Gasteiger partial charge in [-0.3, -0.25) is 0 Å². The van der Waals surface area contributed by atoms with Crippen LogP contribution in [0.4, 0.5) is 0 Å². The smallest absolute Gasteiger partial charge is 0.331 e. The molecular weight excluding hydrogens is 508 g/mol. The number of ether oxygens (including phenoxy) is 5. The number of aliphatic hydroxyl groups is 3. The monoisotopic (exact) mass is 546 g/mol. The van der Waals surface area contributed by atoms with Gasteiger partial charge in [-0.15, -0.1) is 0 Å². The topological polar surface area (TPSA) is 144 Å². The summed E-state index contributed by atoms with van der Waals surface area (Å²) in [6, 6.07) is 0. The molecule has 0 amide bonds. The SMILES string of the molecule is CC1=C[C@H]2O[C@@H]3C[C@H]4OC(=O)/C=C\C=C\[C@H]([C@H](C)O)OC[C@H](O)/C(C)=C/C(=O)OC[C@]2(C[C@H]1O)[C@]4(C)[C@]31CO1. The molecule has 0 aromatic carbocycles. The molecule has 0 aromatic heterocycles. The van der Waals surface area contributed by atoms with E-state index in [1.54, 1.807) is 26.0 Å². The van der Waals surface area contributed by atoms with E-state index in [1.165, 1.54) is 18.2 Å². The van der Waals surface area contributed by atoms with Crippen LogP contribution < -0.4 is 0 Å². The van der Waals surface area contributed by atoms with Crippen molar-refractivity contribution in [2.45, 2.75) is 88.9 Å². The number of carbonyl (C=O) groups excluding carboxylic acids is 2. The Morgan fingerprint density at radius 3 is 2.46 bits per heavy atom. The predicted molar refractivity (Wildman–Crippen MR) is 137 cm³/mol. The van der Waals surface area contributed by atoms with Gasteiger partial charge in [-0.05, 0) is 38.3 Å². The fourth-order valence-corrected chi connectivity index (χ4v) is 6.84. The van der Waals surface area contributed by atoms with Crippen LogP contribution in [0.15, 0.2) is 47.6 Å². The fourth-order valence-electron chi connectivity index (χ4n) is 6.84. The van der Waals surface area contributed by atoms with Gasteiger partial charge in [0.2, 0.25) is 0 Å². The van der Waals surface area contributed by atoms with Crippen LogP contribution in [0, 0.1) is 10.8 Å². The summed E-state index contributed by atoms with van der Waals surface area (Å²) in [5.41, 5.74) is -1.40. The number of aliphatic hydroxyl groups excluding tert-OH is 3. The van der Waals surface area contributed by atoms with Crippen LogP contribution in [0.25, 0.3) is 0 Å². The maximum Gasteiger partial charge on any atom is 0.331 e. The summed E-state index contributed by atoms with van der Waals surface area (Å²) in [6.07, 6.45) is 4.68. The third-order valence-corrected chi connectivity index (χ3v) is 9.48. The van der Waals surface area contributed by atoms with Gasteiger partial charge in [0.1, 0.15) is 24.4 Å². The number of carbonyl (C=O) groups is 2. The van der Waals surface area contributed by atoms with Gasteiger partial charge in [0.15, 0.2) is 0 Å². The van der Waals surface area contributed by atoms with Gasteiger partial charge < -0.3 is 39.0 Å². The molecule has 214 valence electrons. The number of epoxide rings is 1. The second-order valence-electron chi connectivity index (χ2n) is 11.7. The van der Waals surface area contributed by atoms with E-state index in [9.17, 15) is 24.9 Å². The summed E-state index contributed by atoms with van der Waals surface area (Å²) < 4.78 is 30.1. The number of hydrogen-bond donors (Lipinski definition) is 3. The quantitative estimate of drug-likeness (QED) is 0.250. The summed E-state index contributed by atoms with van der Waals surface area (Å²) in [4.78, 5) is 25.9. The van der Waals surface area contributed by atoms with E-state index in [-0.39, 0.29) is 25.7 Å². The van der Waals surface area contributed by atoms with E-state index < -0.39 is 65.0 Å². The molecule has 3 N–H and O–H groups in total. The summed E-state index contributed by atoms with van der Waals surface area (Å²) in [5.74, 6) is -1.23. The molecule has 10 nitrogen and oxygen atoms in total. The number of esters is 2. The van der Waals surface area contributed by atoms with Crippen molar-refractivity contribution in [1.82, 2.24) is 0 Å². The zero-order chi connectivity index (χ0) is 28.2. The van der Waals surface area contributed by atoms with Gasteiger partial charge in [-0.25, -0.2) is 9.59 Å². The molecule has 3 fully saturated rings. The molecule has 3 aliphatic heterocycles. The molecule has 2 saturated heterocycles. The van der Waals surface area contributed by atoms with Gasteiger partial charge in [-0.1, -0.05) is 31.2 Å². The highest BCUT2D eigenvalue weighted by atomic mass is 16.6. The minimum absolute atomic E-state index is 0.112. The number of allylic oxidation sites excluding steroid dienone is 2. The van der Waals surface area contributed by atoms with Crippen molar-refractivity contribution in [3.63, 3.8) is 0 Å². The van der Waals surface area contributed by atoms with E-state index in [0.29, 0.717) is 18.6 Å². The number of rotatable bonds is 1. The van der Waals surface area contributed by atoms with E-state index in [2.05, 4.69) is 0 Å². The molecule has 10 atom stereocenters. The lowest BCUT2D eigenvalue weighted by Gasteiger charge is -2.58. The van der Waals surface area contributed by atoms with E-state index >= 15 is 0 Å². The van der Waals surface area contributed by atoms with E-state index in [0.717, 1.165) is 5.57 Å². The molecule has 2 aliphatic carbocycles. The highest BCUT2D eigenvalue weighted by molar-refractivity contribution is 5.83. The summed E-state index contributed by atoms with van der Waals surface area (Å²) in [7, 11) is 0. The highest BCUT2D eigenvalue weighted by Crippen LogP contribution is 2.72. The summed E-state index contributed by atoms with van der Waals surface area (Å²) >= 11 is 0. The Morgan fingerprint density at radius 2 is 1.77 bits per heavy atom. The van der Waals surface area contributed by atoms with Crippen LogP contribution in [0.3, 0.4) is 0 Å². The lowest BCUT2D eigenvalue weighted by molar-refractivity contribution is -0.238. The number of cyclic esters (lactones) is 1. The standard InChI is InChI=1S/C29H38O10/c1-16-9-23-28(12-19(16)31)14-36-26(34)10-17(2)20(32)13-35-21(18(3)30)7-5-6-8-25(33)39-22-11-24(38-23)29(15-37-29)27(22,28)4/h5-10,18-24,30-32H,11-15H2,1-4H3/b7-5+,8-6-,17-10+/t18-,19+,20-,21+,22+,23+,24+,27+,28-,29-/m0/s1. The molecule has 10 heteroatoms. The number of hydrogen-bond acceptors (Lipinski definition) is 10. The van der Waals surface area contributed by atoms with E-state index in [4.69, 9.17) is 23.7 Å². The van der Waals surface area contributed by atoms with Crippen LogP contribution in [0.1, 0.15) is 40.5 Å². The fraction of sp³-hybridized carbons (Fsp3) is 0.655. The first-order valence-corrected chi connectivity index (χ1v) is 13.5. The average molecular weight is 547 g/mol. The molecule has 3 heterocycles. The first kappa shape index (κ1) is 28.2. The average Bonchev–Trinajstić information content (AvgIpc) is 3.65. The molecular formula is C29H38O10. The largest absolute Gasteiger partial charge is 0.462 e. The maximum absolute atomic E-state index is 13.0. The van der Waals surface area contributed by atoms with Gasteiger partial charge in [0, 0.05) is 24.0 Å². The zero-order valence-electron chi connectivity index (χ0n) is 22.7.